The predicted octanol–water partition coefficient (Wildman–Crippen LogP) is 2.43. The van der Waals surface area contributed by atoms with E-state index in [1.54, 1.807) is 9.80 Å². The molecule has 0 saturated carbocycles. The molecule has 2 aliphatic heterocycles. The van der Waals surface area contributed by atoms with Crippen LogP contribution < -0.4 is 10.2 Å². The normalized spacial score (nSPS) is 17.7. The van der Waals surface area contributed by atoms with Gasteiger partial charge in [-0.1, -0.05) is 29.0 Å². The molecular formula is C23H22N6O3S. The molecular weight excluding hydrogens is 440 g/mol. The number of carbonyl (C=O) groups excluding carboxylic acids is 3. The molecule has 168 valence electrons. The Morgan fingerprint density at radius 2 is 2.00 bits per heavy atom. The van der Waals surface area contributed by atoms with E-state index in [1.807, 2.05) is 31.2 Å². The van der Waals surface area contributed by atoms with E-state index in [4.69, 9.17) is 0 Å². The summed E-state index contributed by atoms with van der Waals surface area (Å²) in [6.07, 6.45) is 5.19. The highest BCUT2D eigenvalue weighted by molar-refractivity contribution is 7.15. The van der Waals surface area contributed by atoms with Gasteiger partial charge in [0.2, 0.25) is 11.8 Å². The lowest BCUT2D eigenvalue weighted by Crippen LogP contribution is -2.40. The Bertz CT molecular complexity index is 1210. The molecule has 1 saturated heterocycles. The monoisotopic (exact) mass is 462 g/mol. The van der Waals surface area contributed by atoms with Crippen molar-refractivity contribution < 1.29 is 14.4 Å². The lowest BCUT2D eigenvalue weighted by molar-refractivity contribution is -0.136. The standard InChI is InChI=1S/C23H22N6O3S/c1-14-2-4-16(5-3-14)29-12-15(10-20(29)30)22(32)28-9-6-17-19(13-28)33-23(26-17)27-21(31)18-11-24-7-8-25-18/h2-5,7-8,11,15H,6,9-10,12-13H2,1H3,(H,26,27,31). The van der Waals surface area contributed by atoms with Crippen LogP contribution in [0.15, 0.2) is 42.9 Å². The molecule has 0 aliphatic carbocycles. The molecule has 1 fully saturated rings. The van der Waals surface area contributed by atoms with Gasteiger partial charge in [-0.15, -0.1) is 0 Å². The Kier molecular flexibility index (Phi) is 5.59. The molecule has 5 rings (SSSR count). The van der Waals surface area contributed by atoms with Crippen LogP contribution in [0.5, 0.6) is 0 Å². The van der Waals surface area contributed by atoms with Crippen LogP contribution in [0.4, 0.5) is 10.8 Å². The molecule has 4 heterocycles. The average molecular weight is 463 g/mol. The molecule has 0 radical (unpaired) electrons. The van der Waals surface area contributed by atoms with Gasteiger partial charge in [-0.3, -0.25) is 24.7 Å². The summed E-state index contributed by atoms with van der Waals surface area (Å²) >= 11 is 1.36. The number of amides is 3. The van der Waals surface area contributed by atoms with E-state index in [2.05, 4.69) is 20.3 Å². The van der Waals surface area contributed by atoms with Gasteiger partial charge in [0.1, 0.15) is 5.69 Å². The van der Waals surface area contributed by atoms with E-state index in [0.29, 0.717) is 31.2 Å². The van der Waals surface area contributed by atoms with E-state index in [9.17, 15) is 14.4 Å². The minimum absolute atomic E-state index is 0.0119. The number of aromatic nitrogens is 3. The fourth-order valence-electron chi connectivity index (χ4n) is 4.12. The van der Waals surface area contributed by atoms with Crippen molar-refractivity contribution in [1.82, 2.24) is 19.9 Å². The Morgan fingerprint density at radius 3 is 2.76 bits per heavy atom. The first-order valence-electron chi connectivity index (χ1n) is 10.7. The van der Waals surface area contributed by atoms with Gasteiger partial charge in [0.25, 0.3) is 5.91 Å². The number of thiazole rings is 1. The third kappa shape index (κ3) is 4.34. The SMILES string of the molecule is Cc1ccc(N2CC(C(=O)N3CCc4nc(NC(=O)c5cnccn5)sc4C3)CC2=O)cc1. The van der Waals surface area contributed by atoms with Crippen molar-refractivity contribution in [2.24, 2.45) is 5.92 Å². The maximum atomic E-state index is 13.2. The largest absolute Gasteiger partial charge is 0.337 e. The summed E-state index contributed by atoms with van der Waals surface area (Å²) in [5.74, 6) is -0.768. The zero-order chi connectivity index (χ0) is 22.9. The van der Waals surface area contributed by atoms with Gasteiger partial charge >= 0.3 is 0 Å². The van der Waals surface area contributed by atoms with Crippen LogP contribution in [0.3, 0.4) is 0 Å². The molecule has 1 aromatic carbocycles. The van der Waals surface area contributed by atoms with Gasteiger partial charge < -0.3 is 9.80 Å². The van der Waals surface area contributed by atoms with Crippen LogP contribution in [0.25, 0.3) is 0 Å². The first-order chi connectivity index (χ1) is 16.0. The summed E-state index contributed by atoms with van der Waals surface area (Å²) in [5, 5.41) is 3.24. The van der Waals surface area contributed by atoms with Gasteiger partial charge in [0, 0.05) is 48.9 Å². The molecule has 2 aromatic heterocycles. The van der Waals surface area contributed by atoms with E-state index in [1.165, 1.54) is 29.9 Å². The molecule has 0 bridgehead atoms. The minimum atomic E-state index is -0.372. The van der Waals surface area contributed by atoms with Crippen LogP contribution in [0, 0.1) is 12.8 Å². The molecule has 1 N–H and O–H groups in total. The quantitative estimate of drug-likeness (QED) is 0.638. The molecule has 9 nitrogen and oxygen atoms in total. The Morgan fingerprint density at radius 1 is 1.18 bits per heavy atom. The summed E-state index contributed by atoms with van der Waals surface area (Å²) in [6, 6.07) is 7.77. The van der Waals surface area contributed by atoms with Gasteiger partial charge in [-0.25, -0.2) is 9.97 Å². The zero-order valence-electron chi connectivity index (χ0n) is 18.0. The van der Waals surface area contributed by atoms with Crippen molar-refractivity contribution in [2.45, 2.75) is 26.3 Å². The first kappa shape index (κ1) is 21.2. The number of nitrogens with zero attached hydrogens (tertiary/aromatic N) is 5. The number of anilines is 2. The summed E-state index contributed by atoms with van der Waals surface area (Å²) in [7, 11) is 0. The zero-order valence-corrected chi connectivity index (χ0v) is 18.8. The number of nitrogens with one attached hydrogen (secondary N) is 1. The van der Waals surface area contributed by atoms with E-state index in [0.717, 1.165) is 21.8 Å². The second kappa shape index (κ2) is 8.70. The number of carbonyl (C=O) groups is 3. The van der Waals surface area contributed by atoms with Crippen LogP contribution in [-0.4, -0.2) is 50.7 Å². The molecule has 10 heteroatoms. The van der Waals surface area contributed by atoms with Gasteiger partial charge in [-0.2, -0.15) is 0 Å². The first-order valence-corrected chi connectivity index (χ1v) is 11.5. The summed E-state index contributed by atoms with van der Waals surface area (Å²) < 4.78 is 0. The molecule has 1 unspecified atom stereocenters. The van der Waals surface area contributed by atoms with E-state index in [-0.39, 0.29) is 35.8 Å². The van der Waals surface area contributed by atoms with Gasteiger partial charge in [0.15, 0.2) is 5.13 Å². The number of fused-ring (bicyclic) bond motifs is 1. The van der Waals surface area contributed by atoms with Crippen LogP contribution >= 0.6 is 11.3 Å². The number of rotatable bonds is 4. The fourth-order valence-corrected chi connectivity index (χ4v) is 5.14. The highest BCUT2D eigenvalue weighted by Crippen LogP contribution is 2.31. The van der Waals surface area contributed by atoms with Crippen molar-refractivity contribution in [3.63, 3.8) is 0 Å². The van der Waals surface area contributed by atoms with Gasteiger partial charge in [0.05, 0.1) is 24.4 Å². The Balaban J connectivity index is 1.24. The third-order valence-corrected chi connectivity index (χ3v) is 6.88. The maximum Gasteiger partial charge on any atom is 0.277 e. The molecule has 1 atom stereocenters. The predicted molar refractivity (Wildman–Crippen MR) is 123 cm³/mol. The van der Waals surface area contributed by atoms with Gasteiger partial charge in [-0.05, 0) is 19.1 Å². The summed E-state index contributed by atoms with van der Waals surface area (Å²) in [5.41, 5.74) is 3.06. The molecule has 3 amide bonds. The highest BCUT2D eigenvalue weighted by Gasteiger charge is 2.38. The summed E-state index contributed by atoms with van der Waals surface area (Å²) in [4.78, 5) is 55.0. The second-order valence-electron chi connectivity index (χ2n) is 8.18. The fraction of sp³-hybridized carbons (Fsp3) is 0.304. The number of benzene rings is 1. The average Bonchev–Trinajstić information content (AvgIpc) is 3.42. The topological polar surface area (TPSA) is 108 Å². The van der Waals surface area contributed by atoms with Crippen LogP contribution in [0.2, 0.25) is 0 Å². The number of hydrogen-bond acceptors (Lipinski definition) is 7. The van der Waals surface area contributed by atoms with E-state index >= 15 is 0 Å². The Labute approximate surface area is 194 Å². The second-order valence-corrected chi connectivity index (χ2v) is 9.27. The van der Waals surface area contributed by atoms with Crippen molar-refractivity contribution in [1.29, 1.82) is 0 Å². The maximum absolute atomic E-state index is 13.2. The molecule has 3 aromatic rings. The molecule has 2 aliphatic rings. The molecule has 33 heavy (non-hydrogen) atoms. The Hall–Kier alpha value is -3.66. The number of hydrogen-bond donors (Lipinski definition) is 1. The van der Waals surface area contributed by atoms with E-state index < -0.39 is 0 Å². The van der Waals surface area contributed by atoms with Crippen molar-refractivity contribution in [3.05, 3.63) is 64.7 Å². The summed E-state index contributed by atoms with van der Waals surface area (Å²) in [6.45, 7) is 3.37. The lowest BCUT2D eigenvalue weighted by atomic mass is 10.1. The van der Waals surface area contributed by atoms with Crippen LogP contribution in [-0.2, 0) is 22.6 Å². The molecule has 0 spiro atoms. The van der Waals surface area contributed by atoms with Crippen molar-refractivity contribution in [3.8, 4) is 0 Å². The number of aryl methyl sites for hydroxylation is 1. The lowest BCUT2D eigenvalue weighted by Gasteiger charge is -2.28. The third-order valence-electron chi connectivity index (χ3n) is 5.88. The highest BCUT2D eigenvalue weighted by atomic mass is 32.1. The van der Waals surface area contributed by atoms with Crippen LogP contribution in [0.1, 0.15) is 33.0 Å². The minimum Gasteiger partial charge on any atom is -0.337 e. The smallest absolute Gasteiger partial charge is 0.277 e. The van der Waals surface area contributed by atoms with Crippen molar-refractivity contribution in [2.75, 3.05) is 23.3 Å². The van der Waals surface area contributed by atoms with Crippen molar-refractivity contribution >= 4 is 39.9 Å².